The minimum atomic E-state index is -2.41. The second kappa shape index (κ2) is 5.68. The van der Waals surface area contributed by atoms with E-state index in [0.29, 0.717) is 5.57 Å². The number of nitrogens with two attached hydrogens (primary N) is 1. The number of nitrogens with zero attached hydrogens (tertiary/aromatic N) is 2. The number of urea groups is 1. The summed E-state index contributed by atoms with van der Waals surface area (Å²) in [5.41, 5.74) is 5.86. The summed E-state index contributed by atoms with van der Waals surface area (Å²) >= 11 is 0. The van der Waals surface area contributed by atoms with Crippen molar-refractivity contribution in [2.45, 2.75) is 32.3 Å². The second-order valence-electron chi connectivity index (χ2n) is 4.71. The third-order valence-electron chi connectivity index (χ3n) is 3.34. The number of hydrogen-bond donors (Lipinski definition) is 1. The molecular weight excluding hydrogens is 285 g/mol. The summed E-state index contributed by atoms with van der Waals surface area (Å²) in [5, 5.41) is 0.746. The zero-order valence-corrected chi connectivity index (χ0v) is 11.6. The molecule has 0 radical (unpaired) electrons. The van der Waals surface area contributed by atoms with Gasteiger partial charge in [-0.25, -0.2) is 18.8 Å². The molecule has 0 aromatic heterocycles. The number of halogens is 1. The maximum absolute atomic E-state index is 13.6. The maximum Gasteiger partial charge on any atom is 0.370 e. The maximum atomic E-state index is 13.6. The first-order valence-corrected chi connectivity index (χ1v) is 6.41. The quantitative estimate of drug-likeness (QED) is 0.554. The number of hydroxylamine groups is 2. The van der Waals surface area contributed by atoms with Gasteiger partial charge < -0.3 is 15.4 Å². The van der Waals surface area contributed by atoms with E-state index >= 15 is 0 Å². The number of rotatable bonds is 5. The number of amides is 3. The number of ether oxygens (including phenoxy) is 1. The van der Waals surface area contributed by atoms with E-state index < -0.39 is 36.3 Å². The van der Waals surface area contributed by atoms with Crippen LogP contribution in [0.3, 0.4) is 0 Å². The van der Waals surface area contributed by atoms with Gasteiger partial charge in [0.15, 0.2) is 0 Å². The lowest BCUT2D eigenvalue weighted by Crippen LogP contribution is -2.46. The average molecular weight is 301 g/mol. The Bertz CT molecular complexity index is 509. The fraction of sp³-hybridized carbons (Fsp3) is 0.583. The number of alkyl halides is 1. The lowest BCUT2D eigenvalue weighted by molar-refractivity contribution is -0.223. The summed E-state index contributed by atoms with van der Waals surface area (Å²) < 4.78 is 18.1. The highest BCUT2D eigenvalue weighted by atomic mass is 19.1. The summed E-state index contributed by atoms with van der Waals surface area (Å²) in [6, 6.07) is -2.19. The van der Waals surface area contributed by atoms with Crippen molar-refractivity contribution in [3.8, 4) is 0 Å². The van der Waals surface area contributed by atoms with Crippen molar-refractivity contribution in [1.82, 2.24) is 9.96 Å². The predicted molar refractivity (Wildman–Crippen MR) is 67.1 cm³/mol. The summed E-state index contributed by atoms with van der Waals surface area (Å²) in [4.78, 5) is 40.6. The molecule has 0 aromatic rings. The van der Waals surface area contributed by atoms with Crippen LogP contribution in [-0.2, 0) is 19.2 Å². The van der Waals surface area contributed by atoms with E-state index in [2.05, 4.69) is 4.74 Å². The van der Waals surface area contributed by atoms with E-state index in [-0.39, 0.29) is 13.2 Å². The lowest BCUT2D eigenvalue weighted by Gasteiger charge is -2.26. The Morgan fingerprint density at radius 2 is 2.24 bits per heavy atom. The van der Waals surface area contributed by atoms with Crippen LogP contribution >= 0.6 is 0 Å². The van der Waals surface area contributed by atoms with Crippen LogP contribution < -0.4 is 5.73 Å². The summed E-state index contributed by atoms with van der Waals surface area (Å²) in [7, 11) is 0. The van der Waals surface area contributed by atoms with Gasteiger partial charge in [-0.05, 0) is 19.4 Å². The van der Waals surface area contributed by atoms with Gasteiger partial charge in [-0.1, -0.05) is 6.08 Å². The lowest BCUT2D eigenvalue weighted by atomic mass is 10.0. The van der Waals surface area contributed by atoms with Crippen LogP contribution in [0.5, 0.6) is 0 Å². The fourth-order valence-electron chi connectivity index (χ4n) is 2.31. The summed E-state index contributed by atoms with van der Waals surface area (Å²) in [5.74, 6) is -1.90. The van der Waals surface area contributed by atoms with E-state index in [9.17, 15) is 18.8 Å². The third kappa shape index (κ3) is 2.68. The number of fused-ring (bicyclic) bond motifs is 2. The van der Waals surface area contributed by atoms with Crippen LogP contribution in [0, 0.1) is 0 Å². The Labute approximate surface area is 120 Å². The molecule has 116 valence electrons. The topological polar surface area (TPSA) is 102 Å². The molecule has 0 unspecified atom stereocenters. The Morgan fingerprint density at radius 1 is 1.57 bits per heavy atom. The van der Waals surface area contributed by atoms with Crippen LogP contribution in [-0.4, -0.2) is 59.5 Å². The molecule has 2 heterocycles. The van der Waals surface area contributed by atoms with E-state index in [1.165, 1.54) is 13.0 Å². The van der Waals surface area contributed by atoms with E-state index in [0.717, 1.165) is 9.96 Å². The van der Waals surface area contributed by atoms with Gasteiger partial charge >= 0.3 is 18.4 Å². The second-order valence-corrected chi connectivity index (χ2v) is 4.71. The van der Waals surface area contributed by atoms with E-state index in [4.69, 9.17) is 10.6 Å². The van der Waals surface area contributed by atoms with Gasteiger partial charge in [0.25, 0.3) is 0 Å². The minimum absolute atomic E-state index is 0.00517. The highest BCUT2D eigenvalue weighted by Crippen LogP contribution is 2.30. The molecule has 2 N–H and O–H groups in total. The third-order valence-corrected chi connectivity index (χ3v) is 3.34. The predicted octanol–water partition coefficient (Wildman–Crippen LogP) is -0.303. The van der Waals surface area contributed by atoms with Crippen molar-refractivity contribution in [1.29, 1.82) is 0 Å². The molecule has 2 bridgehead atoms. The van der Waals surface area contributed by atoms with Gasteiger partial charge in [0.2, 0.25) is 5.91 Å². The first-order valence-electron chi connectivity index (χ1n) is 6.41. The molecule has 1 fully saturated rings. The largest absolute Gasteiger partial charge is 0.462 e. The molecule has 3 amide bonds. The van der Waals surface area contributed by atoms with Gasteiger partial charge in [0, 0.05) is 0 Å². The van der Waals surface area contributed by atoms with Crippen molar-refractivity contribution in [3.63, 3.8) is 0 Å². The molecule has 2 rings (SSSR count). The minimum Gasteiger partial charge on any atom is -0.462 e. The molecule has 3 atom stereocenters. The zero-order valence-electron chi connectivity index (χ0n) is 11.6. The van der Waals surface area contributed by atoms with Crippen LogP contribution in [0.2, 0.25) is 0 Å². The van der Waals surface area contributed by atoms with Crippen molar-refractivity contribution >= 4 is 17.9 Å². The SMILES string of the molecule is CCOC(=O)[C@H](F)ON1C(=O)N2C[C@H]1C(C)=C[C@H]2C(N)=O. The Kier molecular flexibility index (Phi) is 4.12. The van der Waals surface area contributed by atoms with Crippen LogP contribution in [0.15, 0.2) is 11.6 Å². The standard InChI is InChI=1S/C12H16FN3O5/c1-3-20-11(18)9(13)21-16-8-5-15(12(16)19)7(10(14)17)4-6(8)2/h4,7-9H,3,5H2,1-2H3,(H2,14,17)/t7-,8-,9+/m0/s1. The van der Waals surface area contributed by atoms with Crippen molar-refractivity contribution in [3.05, 3.63) is 11.6 Å². The van der Waals surface area contributed by atoms with Gasteiger partial charge in [-0.2, -0.15) is 5.06 Å². The van der Waals surface area contributed by atoms with Crippen molar-refractivity contribution in [2.75, 3.05) is 13.2 Å². The smallest absolute Gasteiger partial charge is 0.370 e. The van der Waals surface area contributed by atoms with Crippen LogP contribution in [0.4, 0.5) is 9.18 Å². The summed E-state index contributed by atoms with van der Waals surface area (Å²) in [6.07, 6.45) is -0.885. The van der Waals surface area contributed by atoms with Crippen LogP contribution in [0.25, 0.3) is 0 Å². The van der Waals surface area contributed by atoms with Crippen LogP contribution in [0.1, 0.15) is 13.8 Å². The Morgan fingerprint density at radius 3 is 2.81 bits per heavy atom. The van der Waals surface area contributed by atoms with E-state index in [1.54, 1.807) is 6.92 Å². The Hall–Kier alpha value is -2.16. The average Bonchev–Trinajstić information content (AvgIpc) is 2.69. The highest BCUT2D eigenvalue weighted by Gasteiger charge is 2.48. The Balaban J connectivity index is 2.14. The number of primary amides is 1. The molecule has 0 spiro atoms. The molecule has 0 aromatic carbocycles. The van der Waals surface area contributed by atoms with Gasteiger partial charge in [0.1, 0.15) is 12.1 Å². The highest BCUT2D eigenvalue weighted by molar-refractivity contribution is 5.90. The molecule has 0 saturated carbocycles. The first-order chi connectivity index (χ1) is 9.86. The normalized spacial score (nSPS) is 25.7. The number of esters is 1. The van der Waals surface area contributed by atoms with Gasteiger partial charge in [0.05, 0.1) is 13.2 Å². The number of carbonyl (C=O) groups excluding carboxylic acids is 3. The molecule has 21 heavy (non-hydrogen) atoms. The zero-order chi connectivity index (χ0) is 15.7. The molecule has 2 aliphatic heterocycles. The van der Waals surface area contributed by atoms with E-state index in [1.807, 2.05) is 0 Å². The number of hydrogen-bond acceptors (Lipinski definition) is 5. The number of carbonyl (C=O) groups is 3. The molecule has 0 aliphatic carbocycles. The molecular formula is C12H16FN3O5. The van der Waals surface area contributed by atoms with Crippen molar-refractivity contribution < 1.29 is 28.3 Å². The molecule has 1 saturated heterocycles. The molecule has 8 nitrogen and oxygen atoms in total. The summed E-state index contributed by atoms with van der Waals surface area (Å²) in [6.45, 7) is 3.33. The van der Waals surface area contributed by atoms with Gasteiger partial charge in [-0.3, -0.25) is 4.79 Å². The fourth-order valence-corrected chi connectivity index (χ4v) is 2.31. The molecule has 2 aliphatic rings. The first kappa shape index (κ1) is 15.2. The van der Waals surface area contributed by atoms with Crippen molar-refractivity contribution in [2.24, 2.45) is 5.73 Å². The molecule has 9 heteroatoms. The monoisotopic (exact) mass is 301 g/mol. The van der Waals surface area contributed by atoms with Gasteiger partial charge in [-0.15, -0.1) is 0 Å².